The first kappa shape index (κ1) is 9.69. The summed E-state index contributed by atoms with van der Waals surface area (Å²) in [5, 5.41) is 6.76. The van der Waals surface area contributed by atoms with Crippen LogP contribution in [0.5, 0.6) is 0 Å². The van der Waals surface area contributed by atoms with Gasteiger partial charge in [0.05, 0.1) is 16.2 Å². The van der Waals surface area contributed by atoms with Gasteiger partial charge in [-0.1, -0.05) is 15.8 Å². The second kappa shape index (κ2) is 4.11. The van der Waals surface area contributed by atoms with Crippen molar-refractivity contribution in [3.63, 3.8) is 0 Å². The molecule has 0 aromatic carbocycles. The lowest BCUT2D eigenvalue weighted by atomic mass is 10.5. The SMILES string of the molecule is O=C(Nc1ncc(Br)s1)c1cnns1. The van der Waals surface area contributed by atoms with Gasteiger partial charge < -0.3 is 0 Å². The zero-order valence-corrected chi connectivity index (χ0v) is 9.82. The van der Waals surface area contributed by atoms with E-state index in [-0.39, 0.29) is 5.91 Å². The molecule has 8 heteroatoms. The third kappa shape index (κ3) is 2.14. The fourth-order valence-electron chi connectivity index (χ4n) is 0.738. The first-order chi connectivity index (χ1) is 6.75. The summed E-state index contributed by atoms with van der Waals surface area (Å²) in [5.41, 5.74) is 0. The lowest BCUT2D eigenvalue weighted by Crippen LogP contribution is -2.09. The van der Waals surface area contributed by atoms with Gasteiger partial charge in [0.15, 0.2) is 5.13 Å². The van der Waals surface area contributed by atoms with Crippen molar-refractivity contribution in [3.05, 3.63) is 21.1 Å². The molecular weight excluding hydrogens is 288 g/mol. The van der Waals surface area contributed by atoms with Crippen molar-refractivity contribution in [3.8, 4) is 0 Å². The molecule has 0 unspecified atom stereocenters. The number of hydrogen-bond donors (Lipinski definition) is 1. The van der Waals surface area contributed by atoms with Gasteiger partial charge in [-0.15, -0.1) is 5.10 Å². The maximum absolute atomic E-state index is 11.5. The Hall–Kier alpha value is -0.860. The molecule has 0 fully saturated rings. The Bertz CT molecular complexity index is 440. The summed E-state index contributed by atoms with van der Waals surface area (Å²) in [7, 11) is 0. The summed E-state index contributed by atoms with van der Waals surface area (Å²) in [6.45, 7) is 0. The maximum Gasteiger partial charge on any atom is 0.270 e. The molecule has 2 rings (SSSR count). The average molecular weight is 291 g/mol. The molecule has 2 aromatic heterocycles. The van der Waals surface area contributed by atoms with E-state index in [1.54, 1.807) is 6.20 Å². The fraction of sp³-hybridized carbons (Fsp3) is 0. The second-order valence-electron chi connectivity index (χ2n) is 2.21. The van der Waals surface area contributed by atoms with E-state index in [4.69, 9.17) is 0 Å². The van der Waals surface area contributed by atoms with Crippen molar-refractivity contribution in [2.45, 2.75) is 0 Å². The molecule has 14 heavy (non-hydrogen) atoms. The molecule has 0 bridgehead atoms. The molecule has 0 aliphatic carbocycles. The van der Waals surface area contributed by atoms with E-state index >= 15 is 0 Å². The van der Waals surface area contributed by atoms with Crippen LogP contribution < -0.4 is 5.32 Å². The van der Waals surface area contributed by atoms with Gasteiger partial charge in [-0.05, 0) is 27.5 Å². The monoisotopic (exact) mass is 290 g/mol. The standard InChI is InChI=1S/C6H3BrN4OS2/c7-4-2-8-6(13-4)10-5(12)3-1-9-11-14-3/h1-2H,(H,8,10,12). The quantitative estimate of drug-likeness (QED) is 0.919. The topological polar surface area (TPSA) is 67.8 Å². The summed E-state index contributed by atoms with van der Waals surface area (Å²) in [6, 6.07) is 0. The molecule has 0 atom stereocenters. The average Bonchev–Trinajstić information content (AvgIpc) is 2.75. The van der Waals surface area contributed by atoms with E-state index in [2.05, 4.69) is 35.8 Å². The number of anilines is 1. The van der Waals surface area contributed by atoms with Crippen LogP contribution in [-0.4, -0.2) is 20.5 Å². The van der Waals surface area contributed by atoms with Crippen molar-refractivity contribution in [2.75, 3.05) is 5.32 Å². The minimum Gasteiger partial charge on any atom is -0.297 e. The maximum atomic E-state index is 11.5. The summed E-state index contributed by atoms with van der Waals surface area (Å²) in [6.07, 6.45) is 3.05. The number of amides is 1. The van der Waals surface area contributed by atoms with Crippen LogP contribution in [0.3, 0.4) is 0 Å². The first-order valence-corrected chi connectivity index (χ1v) is 5.84. The zero-order chi connectivity index (χ0) is 9.97. The van der Waals surface area contributed by atoms with Gasteiger partial charge in [0.1, 0.15) is 4.88 Å². The Morgan fingerprint density at radius 3 is 2.93 bits per heavy atom. The lowest BCUT2D eigenvalue weighted by molar-refractivity contribution is 0.103. The van der Waals surface area contributed by atoms with Gasteiger partial charge in [0, 0.05) is 0 Å². The van der Waals surface area contributed by atoms with Gasteiger partial charge >= 0.3 is 0 Å². The molecule has 0 saturated heterocycles. The van der Waals surface area contributed by atoms with Crippen LogP contribution >= 0.6 is 38.8 Å². The van der Waals surface area contributed by atoms with E-state index in [0.29, 0.717) is 10.0 Å². The van der Waals surface area contributed by atoms with Crippen molar-refractivity contribution in [2.24, 2.45) is 0 Å². The summed E-state index contributed by atoms with van der Waals surface area (Å²) < 4.78 is 4.47. The number of halogens is 1. The highest BCUT2D eigenvalue weighted by Gasteiger charge is 2.10. The highest BCUT2D eigenvalue weighted by atomic mass is 79.9. The Labute approximate surface area is 95.5 Å². The fourth-order valence-corrected chi connectivity index (χ4v) is 2.25. The third-order valence-electron chi connectivity index (χ3n) is 1.28. The van der Waals surface area contributed by atoms with Crippen molar-refractivity contribution < 1.29 is 4.79 Å². The van der Waals surface area contributed by atoms with Crippen LogP contribution in [0.15, 0.2) is 16.2 Å². The summed E-state index contributed by atoms with van der Waals surface area (Å²) in [5.74, 6) is -0.234. The van der Waals surface area contributed by atoms with Crippen molar-refractivity contribution in [1.82, 2.24) is 14.6 Å². The number of nitrogens with one attached hydrogen (secondary N) is 1. The van der Waals surface area contributed by atoms with Crippen molar-refractivity contribution in [1.29, 1.82) is 0 Å². The van der Waals surface area contributed by atoms with E-state index in [9.17, 15) is 4.79 Å². The Morgan fingerprint density at radius 2 is 2.36 bits per heavy atom. The molecule has 1 N–H and O–H groups in total. The van der Waals surface area contributed by atoms with Crippen LogP contribution in [-0.2, 0) is 0 Å². The Kier molecular flexibility index (Phi) is 2.85. The number of carbonyl (C=O) groups is 1. The molecule has 0 aliphatic rings. The molecular formula is C6H3BrN4OS2. The van der Waals surface area contributed by atoms with Crippen LogP contribution in [0.2, 0.25) is 0 Å². The number of carbonyl (C=O) groups excluding carboxylic acids is 1. The van der Waals surface area contributed by atoms with E-state index in [1.807, 2.05) is 0 Å². The normalized spacial score (nSPS) is 10.1. The van der Waals surface area contributed by atoms with Gasteiger partial charge in [-0.2, -0.15) is 0 Å². The molecule has 0 saturated carbocycles. The van der Waals surface area contributed by atoms with Crippen molar-refractivity contribution >= 4 is 49.8 Å². The molecule has 2 heterocycles. The lowest BCUT2D eigenvalue weighted by Gasteiger charge is -1.95. The summed E-state index contributed by atoms with van der Waals surface area (Å²) in [4.78, 5) is 15.9. The molecule has 0 radical (unpaired) electrons. The highest BCUT2D eigenvalue weighted by molar-refractivity contribution is 9.11. The first-order valence-electron chi connectivity index (χ1n) is 3.46. The number of thiazole rings is 1. The summed E-state index contributed by atoms with van der Waals surface area (Å²) >= 11 is 5.65. The van der Waals surface area contributed by atoms with Gasteiger partial charge in [-0.3, -0.25) is 10.1 Å². The molecule has 5 nitrogen and oxygen atoms in total. The van der Waals surface area contributed by atoms with Gasteiger partial charge in [-0.25, -0.2) is 4.98 Å². The second-order valence-corrected chi connectivity index (χ2v) is 5.40. The Balaban J connectivity index is 2.09. The minimum absolute atomic E-state index is 0.234. The molecule has 1 amide bonds. The predicted octanol–water partition coefficient (Wildman–Crippen LogP) is 2.01. The third-order valence-corrected chi connectivity index (χ3v) is 3.34. The van der Waals surface area contributed by atoms with Crippen LogP contribution in [0.1, 0.15) is 9.67 Å². The number of aromatic nitrogens is 3. The predicted molar refractivity (Wildman–Crippen MR) is 57.7 cm³/mol. The zero-order valence-electron chi connectivity index (χ0n) is 6.60. The molecule has 0 spiro atoms. The number of rotatable bonds is 2. The van der Waals surface area contributed by atoms with E-state index in [0.717, 1.165) is 15.3 Å². The van der Waals surface area contributed by atoms with E-state index in [1.165, 1.54) is 17.5 Å². The molecule has 0 aliphatic heterocycles. The van der Waals surface area contributed by atoms with Crippen LogP contribution in [0.25, 0.3) is 0 Å². The van der Waals surface area contributed by atoms with Crippen LogP contribution in [0, 0.1) is 0 Å². The van der Waals surface area contributed by atoms with Crippen LogP contribution in [0.4, 0.5) is 5.13 Å². The number of nitrogens with zero attached hydrogens (tertiary/aromatic N) is 3. The number of hydrogen-bond acceptors (Lipinski definition) is 6. The molecule has 2 aromatic rings. The largest absolute Gasteiger partial charge is 0.297 e. The molecule has 72 valence electrons. The Morgan fingerprint density at radius 1 is 1.50 bits per heavy atom. The van der Waals surface area contributed by atoms with Gasteiger partial charge in [0.2, 0.25) is 0 Å². The highest BCUT2D eigenvalue weighted by Crippen LogP contribution is 2.23. The smallest absolute Gasteiger partial charge is 0.270 e. The minimum atomic E-state index is -0.234. The van der Waals surface area contributed by atoms with E-state index < -0.39 is 0 Å². The van der Waals surface area contributed by atoms with Gasteiger partial charge in [0.25, 0.3) is 5.91 Å².